The van der Waals surface area contributed by atoms with Crippen LogP contribution in [0.4, 0.5) is 8.78 Å². The summed E-state index contributed by atoms with van der Waals surface area (Å²) >= 11 is 0. The first-order valence-electron chi connectivity index (χ1n) is 7.07. The lowest BCUT2D eigenvalue weighted by molar-refractivity contribution is -0.151. The molecule has 4 nitrogen and oxygen atoms in total. The van der Waals surface area contributed by atoms with Crippen molar-refractivity contribution < 1.29 is 18.7 Å². The summed E-state index contributed by atoms with van der Waals surface area (Å²) in [6.07, 6.45) is 4.19. The summed E-state index contributed by atoms with van der Waals surface area (Å²) < 4.78 is 26.8. The fourth-order valence-electron chi connectivity index (χ4n) is 3.19. The molecule has 1 saturated carbocycles. The zero-order chi connectivity index (χ0) is 15.0. The number of aliphatic carboxylic acids is 1. The molecule has 112 valence electrons. The molecule has 21 heavy (non-hydrogen) atoms. The van der Waals surface area contributed by atoms with Crippen molar-refractivity contribution in [2.75, 3.05) is 0 Å². The Morgan fingerprint density at radius 1 is 1.29 bits per heavy atom. The van der Waals surface area contributed by atoms with Crippen LogP contribution in [0.3, 0.4) is 0 Å². The van der Waals surface area contributed by atoms with Gasteiger partial charge >= 0.3 is 5.97 Å². The molecular weight excluding hydrogens is 278 g/mol. The Labute approximate surface area is 120 Å². The Morgan fingerprint density at radius 3 is 2.67 bits per heavy atom. The molecule has 0 spiro atoms. The van der Waals surface area contributed by atoms with Gasteiger partial charge in [0.25, 0.3) is 0 Å². The fourth-order valence-corrected chi connectivity index (χ4v) is 3.19. The first-order chi connectivity index (χ1) is 10.00. The minimum absolute atomic E-state index is 0.0581. The van der Waals surface area contributed by atoms with Crippen LogP contribution in [0, 0.1) is 17.0 Å². The molecule has 1 heterocycles. The van der Waals surface area contributed by atoms with E-state index in [9.17, 15) is 18.7 Å². The molecule has 0 radical (unpaired) electrons. The van der Waals surface area contributed by atoms with E-state index in [4.69, 9.17) is 0 Å². The van der Waals surface area contributed by atoms with Crippen LogP contribution >= 0.6 is 0 Å². The minimum Gasteiger partial charge on any atom is -0.481 e. The number of H-pyrrole nitrogens is 1. The van der Waals surface area contributed by atoms with Gasteiger partial charge in [0.15, 0.2) is 5.82 Å². The molecule has 6 heteroatoms. The summed E-state index contributed by atoms with van der Waals surface area (Å²) in [5.41, 5.74) is -0.525. The molecular formula is C15H16F2N2O2. The lowest BCUT2D eigenvalue weighted by Gasteiger charge is -2.32. The first-order valence-corrected chi connectivity index (χ1v) is 7.07. The molecule has 1 aliphatic rings. The number of hydrogen-bond donors (Lipinski definition) is 2. The Hall–Kier alpha value is -1.98. The van der Waals surface area contributed by atoms with Crippen molar-refractivity contribution in [3.63, 3.8) is 0 Å². The predicted molar refractivity (Wildman–Crippen MR) is 72.9 cm³/mol. The second-order valence-corrected chi connectivity index (χ2v) is 5.79. The number of rotatable bonds is 3. The largest absolute Gasteiger partial charge is 0.481 e. The van der Waals surface area contributed by atoms with Gasteiger partial charge in [0.05, 0.1) is 10.9 Å². The van der Waals surface area contributed by atoms with Gasteiger partial charge in [-0.05, 0) is 18.9 Å². The predicted octanol–water partition coefficient (Wildman–Crippen LogP) is 3.42. The lowest BCUT2D eigenvalue weighted by Crippen LogP contribution is -2.35. The minimum atomic E-state index is -0.846. The second-order valence-electron chi connectivity index (χ2n) is 5.79. The van der Waals surface area contributed by atoms with Gasteiger partial charge in [-0.15, -0.1) is 0 Å². The highest BCUT2D eigenvalue weighted by molar-refractivity contribution is 5.77. The number of carbonyl (C=O) groups is 1. The molecule has 1 aliphatic carbocycles. The maximum absolute atomic E-state index is 13.7. The SMILES string of the molecule is O=C(O)C1(Cc2nc3c(F)cc(F)cc3[nH]2)CCCCC1. The van der Waals surface area contributed by atoms with E-state index in [1.807, 2.05) is 0 Å². The first kappa shape index (κ1) is 14.0. The smallest absolute Gasteiger partial charge is 0.310 e. The fraction of sp³-hybridized carbons (Fsp3) is 0.467. The summed E-state index contributed by atoms with van der Waals surface area (Å²) in [5, 5.41) is 9.55. The number of aromatic nitrogens is 2. The topological polar surface area (TPSA) is 66.0 Å². The number of fused-ring (bicyclic) bond motifs is 1. The average molecular weight is 294 g/mol. The van der Waals surface area contributed by atoms with E-state index < -0.39 is 23.0 Å². The van der Waals surface area contributed by atoms with Crippen LogP contribution in [0.5, 0.6) is 0 Å². The number of aromatic amines is 1. The molecule has 1 aromatic carbocycles. The molecule has 0 aliphatic heterocycles. The molecule has 2 N–H and O–H groups in total. The van der Waals surface area contributed by atoms with Crippen LogP contribution in [0.15, 0.2) is 12.1 Å². The normalized spacial score (nSPS) is 18.0. The number of carboxylic acids is 1. The number of halogens is 2. The van der Waals surface area contributed by atoms with E-state index in [0.29, 0.717) is 18.7 Å². The van der Waals surface area contributed by atoms with Crippen molar-refractivity contribution in [3.05, 3.63) is 29.6 Å². The standard InChI is InChI=1S/C15H16F2N2O2/c16-9-6-10(17)13-11(7-9)18-12(19-13)8-15(14(20)21)4-2-1-3-5-15/h6-7H,1-5,8H2,(H,18,19)(H,20,21). The van der Waals surface area contributed by atoms with Crippen molar-refractivity contribution in [1.82, 2.24) is 9.97 Å². The van der Waals surface area contributed by atoms with Crippen molar-refractivity contribution >= 4 is 17.0 Å². The van der Waals surface area contributed by atoms with Crippen molar-refractivity contribution in [2.24, 2.45) is 5.41 Å². The van der Waals surface area contributed by atoms with Gasteiger partial charge in [0, 0.05) is 12.5 Å². The molecule has 0 saturated heterocycles. The van der Waals surface area contributed by atoms with Gasteiger partial charge in [0.1, 0.15) is 17.2 Å². The number of hydrogen-bond acceptors (Lipinski definition) is 2. The average Bonchev–Trinajstić information content (AvgIpc) is 2.82. The maximum atomic E-state index is 13.7. The van der Waals surface area contributed by atoms with E-state index in [1.165, 1.54) is 6.07 Å². The number of carboxylic acid groups (broad SMARTS) is 1. The summed E-state index contributed by atoms with van der Waals surface area (Å²) in [6, 6.07) is 1.95. The monoisotopic (exact) mass is 294 g/mol. The van der Waals surface area contributed by atoms with Crippen molar-refractivity contribution in [1.29, 1.82) is 0 Å². The summed E-state index contributed by atoms with van der Waals surface area (Å²) in [4.78, 5) is 18.6. The van der Waals surface area contributed by atoms with Gasteiger partial charge in [-0.2, -0.15) is 0 Å². The van der Waals surface area contributed by atoms with Crippen LogP contribution in [0.2, 0.25) is 0 Å². The van der Waals surface area contributed by atoms with Gasteiger partial charge in [-0.3, -0.25) is 4.79 Å². The lowest BCUT2D eigenvalue weighted by atomic mass is 9.72. The Morgan fingerprint density at radius 2 is 2.00 bits per heavy atom. The van der Waals surface area contributed by atoms with Gasteiger partial charge < -0.3 is 10.1 Å². The third-order valence-electron chi connectivity index (χ3n) is 4.32. The molecule has 1 fully saturated rings. The van der Waals surface area contributed by atoms with E-state index >= 15 is 0 Å². The Kier molecular flexibility index (Phi) is 3.39. The summed E-state index contributed by atoms with van der Waals surface area (Å²) in [7, 11) is 0. The summed E-state index contributed by atoms with van der Waals surface area (Å²) in [5.74, 6) is -1.85. The molecule has 0 bridgehead atoms. The van der Waals surface area contributed by atoms with Crippen LogP contribution in [-0.2, 0) is 11.2 Å². The van der Waals surface area contributed by atoms with Crippen molar-refractivity contribution in [2.45, 2.75) is 38.5 Å². The van der Waals surface area contributed by atoms with Crippen LogP contribution in [0.25, 0.3) is 11.0 Å². The second kappa shape index (κ2) is 5.09. The van der Waals surface area contributed by atoms with E-state index in [1.54, 1.807) is 0 Å². The van der Waals surface area contributed by atoms with E-state index in [0.717, 1.165) is 25.3 Å². The Bertz CT molecular complexity index is 690. The van der Waals surface area contributed by atoms with Crippen LogP contribution in [0.1, 0.15) is 37.9 Å². The van der Waals surface area contributed by atoms with E-state index in [-0.39, 0.29) is 17.5 Å². The summed E-state index contributed by atoms with van der Waals surface area (Å²) in [6.45, 7) is 0. The zero-order valence-corrected chi connectivity index (χ0v) is 11.5. The number of nitrogens with one attached hydrogen (secondary N) is 1. The molecule has 0 unspecified atom stereocenters. The van der Waals surface area contributed by atoms with Gasteiger partial charge in [-0.1, -0.05) is 19.3 Å². The molecule has 3 rings (SSSR count). The third-order valence-corrected chi connectivity index (χ3v) is 4.32. The maximum Gasteiger partial charge on any atom is 0.310 e. The zero-order valence-electron chi connectivity index (χ0n) is 11.5. The quantitative estimate of drug-likeness (QED) is 0.911. The molecule has 0 atom stereocenters. The molecule has 2 aromatic rings. The highest BCUT2D eigenvalue weighted by atomic mass is 19.1. The van der Waals surface area contributed by atoms with Crippen LogP contribution in [-0.4, -0.2) is 21.0 Å². The highest BCUT2D eigenvalue weighted by Gasteiger charge is 2.40. The molecule has 0 amide bonds. The van der Waals surface area contributed by atoms with Crippen molar-refractivity contribution in [3.8, 4) is 0 Å². The number of nitrogens with zero attached hydrogens (tertiary/aromatic N) is 1. The third kappa shape index (κ3) is 2.50. The van der Waals surface area contributed by atoms with Crippen LogP contribution < -0.4 is 0 Å². The Balaban J connectivity index is 1.96. The molecule has 1 aromatic heterocycles. The van der Waals surface area contributed by atoms with E-state index in [2.05, 4.69) is 9.97 Å². The van der Waals surface area contributed by atoms with Gasteiger partial charge in [0.2, 0.25) is 0 Å². The highest BCUT2D eigenvalue weighted by Crippen LogP contribution is 2.39. The number of imidazole rings is 1. The number of benzene rings is 1. The van der Waals surface area contributed by atoms with Gasteiger partial charge in [-0.25, -0.2) is 13.8 Å².